The lowest BCUT2D eigenvalue weighted by molar-refractivity contribution is 0.668. The third kappa shape index (κ3) is 1.47. The van der Waals surface area contributed by atoms with Crippen molar-refractivity contribution in [3.63, 3.8) is 0 Å². The summed E-state index contributed by atoms with van der Waals surface area (Å²) in [6.45, 7) is 2.00. The highest BCUT2D eigenvalue weighted by Crippen LogP contribution is 2.33. The van der Waals surface area contributed by atoms with Crippen LogP contribution in [0.1, 0.15) is 5.56 Å². The Morgan fingerprint density at radius 3 is 2.76 bits per heavy atom. The number of aliphatic imine (C=N–C) groups is 1. The van der Waals surface area contributed by atoms with E-state index in [1.165, 1.54) is 6.34 Å². The quantitative estimate of drug-likeness (QED) is 0.508. The molecule has 1 aromatic heterocycles. The minimum absolute atomic E-state index is 0.881. The maximum Gasteiger partial charge on any atom is 0.135 e. The van der Waals surface area contributed by atoms with Crippen molar-refractivity contribution in [2.45, 2.75) is 6.92 Å². The summed E-state index contributed by atoms with van der Waals surface area (Å²) in [5.41, 5.74) is 9.07. The lowest BCUT2D eigenvalue weighted by Gasteiger charge is -1.99. The zero-order chi connectivity index (χ0) is 11.8. The molecule has 1 heterocycles. The van der Waals surface area contributed by atoms with E-state index < -0.39 is 0 Å². The fourth-order valence-electron chi connectivity index (χ4n) is 2.08. The Morgan fingerprint density at radius 1 is 1.12 bits per heavy atom. The highest BCUT2D eigenvalue weighted by molar-refractivity contribution is 6.06. The molecule has 0 bridgehead atoms. The van der Waals surface area contributed by atoms with Crippen LogP contribution in [0.15, 0.2) is 45.8 Å². The molecule has 0 atom stereocenters. The van der Waals surface area contributed by atoms with E-state index in [-0.39, 0.29) is 0 Å². The first-order chi connectivity index (χ1) is 8.29. The Morgan fingerprint density at radius 2 is 1.94 bits per heavy atom. The van der Waals surface area contributed by atoms with E-state index in [9.17, 15) is 0 Å². The normalized spacial score (nSPS) is 11.8. The van der Waals surface area contributed by atoms with Crippen LogP contribution < -0.4 is 5.73 Å². The molecule has 3 rings (SSSR count). The molecule has 17 heavy (non-hydrogen) atoms. The molecular formula is C14H12N2O. The van der Waals surface area contributed by atoms with Gasteiger partial charge in [0.15, 0.2) is 0 Å². The minimum Gasteiger partial charge on any atom is -0.456 e. The molecule has 0 aliphatic heterocycles. The maximum atomic E-state index is 5.78. The van der Waals surface area contributed by atoms with Crippen LogP contribution in [-0.2, 0) is 0 Å². The molecule has 0 amide bonds. The summed E-state index contributed by atoms with van der Waals surface area (Å²) in [6.07, 6.45) is 1.32. The molecule has 0 aliphatic carbocycles. The largest absolute Gasteiger partial charge is 0.456 e. The van der Waals surface area contributed by atoms with Crippen LogP contribution in [0.4, 0.5) is 5.69 Å². The summed E-state index contributed by atoms with van der Waals surface area (Å²) in [4.78, 5) is 4.15. The number of benzene rings is 2. The summed E-state index contributed by atoms with van der Waals surface area (Å²) < 4.78 is 5.78. The van der Waals surface area contributed by atoms with Crippen molar-refractivity contribution in [2.75, 3.05) is 0 Å². The highest BCUT2D eigenvalue weighted by atomic mass is 16.3. The third-order valence-corrected chi connectivity index (χ3v) is 2.91. The van der Waals surface area contributed by atoms with Crippen LogP contribution >= 0.6 is 0 Å². The molecule has 2 N–H and O–H groups in total. The van der Waals surface area contributed by atoms with Gasteiger partial charge in [-0.05, 0) is 30.7 Å². The molecule has 3 heteroatoms. The van der Waals surface area contributed by atoms with E-state index in [1.54, 1.807) is 0 Å². The first-order valence-corrected chi connectivity index (χ1v) is 5.46. The Bertz CT molecular complexity index is 725. The molecule has 0 saturated carbocycles. The summed E-state index contributed by atoms with van der Waals surface area (Å²) in [7, 11) is 0. The van der Waals surface area contributed by atoms with E-state index in [0.717, 1.165) is 33.2 Å². The van der Waals surface area contributed by atoms with Crippen molar-refractivity contribution in [2.24, 2.45) is 10.7 Å². The number of nitrogens with zero attached hydrogens (tertiary/aromatic N) is 1. The topological polar surface area (TPSA) is 51.5 Å². The van der Waals surface area contributed by atoms with Crippen LogP contribution in [0.2, 0.25) is 0 Å². The van der Waals surface area contributed by atoms with Gasteiger partial charge in [0.2, 0.25) is 0 Å². The molecule has 0 radical (unpaired) electrons. The molecule has 0 saturated heterocycles. The fraction of sp³-hybridized carbons (Fsp3) is 0.0714. The maximum absolute atomic E-state index is 5.78. The smallest absolute Gasteiger partial charge is 0.135 e. The zero-order valence-electron chi connectivity index (χ0n) is 9.47. The van der Waals surface area contributed by atoms with Gasteiger partial charge in [0, 0.05) is 10.8 Å². The number of nitrogens with two attached hydrogens (primary N) is 1. The van der Waals surface area contributed by atoms with Gasteiger partial charge in [-0.3, -0.25) is 0 Å². The molecule has 84 valence electrons. The summed E-state index contributed by atoms with van der Waals surface area (Å²) >= 11 is 0. The molecule has 0 aliphatic rings. The molecule has 3 nitrogen and oxygen atoms in total. The van der Waals surface area contributed by atoms with Gasteiger partial charge in [0.05, 0.1) is 12.0 Å². The lowest BCUT2D eigenvalue weighted by atomic mass is 10.1. The van der Waals surface area contributed by atoms with E-state index in [1.807, 2.05) is 43.3 Å². The average molecular weight is 224 g/mol. The van der Waals surface area contributed by atoms with Crippen molar-refractivity contribution < 1.29 is 4.42 Å². The zero-order valence-corrected chi connectivity index (χ0v) is 9.47. The highest BCUT2D eigenvalue weighted by Gasteiger charge is 2.08. The van der Waals surface area contributed by atoms with Gasteiger partial charge in [-0.25, -0.2) is 4.99 Å². The van der Waals surface area contributed by atoms with Crippen molar-refractivity contribution >= 4 is 34.0 Å². The van der Waals surface area contributed by atoms with Gasteiger partial charge < -0.3 is 10.2 Å². The van der Waals surface area contributed by atoms with E-state index in [0.29, 0.717) is 0 Å². The third-order valence-electron chi connectivity index (χ3n) is 2.91. The minimum atomic E-state index is 0.881. The lowest BCUT2D eigenvalue weighted by Crippen LogP contribution is -1.87. The first kappa shape index (κ1) is 9.90. The van der Waals surface area contributed by atoms with Gasteiger partial charge in [0.25, 0.3) is 0 Å². The number of aryl methyl sites for hydroxylation is 1. The molecule has 3 aromatic rings. The van der Waals surface area contributed by atoms with Gasteiger partial charge in [0.1, 0.15) is 11.2 Å². The number of furan rings is 1. The first-order valence-electron chi connectivity index (χ1n) is 5.46. The monoisotopic (exact) mass is 224 g/mol. The number of rotatable bonds is 1. The molecule has 0 fully saturated rings. The Balaban J connectivity index is 2.43. The van der Waals surface area contributed by atoms with E-state index in [2.05, 4.69) is 4.99 Å². The number of fused-ring (bicyclic) bond motifs is 3. The SMILES string of the molecule is Cc1cc2oc3ccccc3c2cc1N=CN. The Kier molecular flexibility index (Phi) is 2.11. The van der Waals surface area contributed by atoms with Gasteiger partial charge in [-0.1, -0.05) is 18.2 Å². The Labute approximate surface area is 98.6 Å². The van der Waals surface area contributed by atoms with Crippen LogP contribution in [-0.4, -0.2) is 6.34 Å². The van der Waals surface area contributed by atoms with Crippen LogP contribution in [0.25, 0.3) is 21.9 Å². The van der Waals surface area contributed by atoms with Gasteiger partial charge >= 0.3 is 0 Å². The van der Waals surface area contributed by atoms with Gasteiger partial charge in [-0.15, -0.1) is 0 Å². The predicted molar refractivity (Wildman–Crippen MR) is 70.8 cm³/mol. The van der Waals surface area contributed by atoms with Crippen molar-refractivity contribution in [1.29, 1.82) is 0 Å². The van der Waals surface area contributed by atoms with E-state index in [4.69, 9.17) is 10.2 Å². The molecule has 0 spiro atoms. The predicted octanol–water partition coefficient (Wildman–Crippen LogP) is 3.51. The van der Waals surface area contributed by atoms with Crippen molar-refractivity contribution in [3.8, 4) is 0 Å². The van der Waals surface area contributed by atoms with E-state index >= 15 is 0 Å². The standard InChI is InChI=1S/C14H12N2O/c1-9-6-14-11(7-12(9)16-8-15)10-4-2-3-5-13(10)17-14/h2-8H,1H3,(H2,15,16). The number of hydrogen-bond acceptors (Lipinski definition) is 2. The second-order valence-corrected chi connectivity index (χ2v) is 4.01. The molecule has 2 aromatic carbocycles. The fourth-order valence-corrected chi connectivity index (χ4v) is 2.08. The average Bonchev–Trinajstić information content (AvgIpc) is 2.67. The van der Waals surface area contributed by atoms with Crippen LogP contribution in [0.3, 0.4) is 0 Å². The van der Waals surface area contributed by atoms with Gasteiger partial charge in [-0.2, -0.15) is 0 Å². The van der Waals surface area contributed by atoms with Crippen LogP contribution in [0, 0.1) is 6.92 Å². The second kappa shape index (κ2) is 3.63. The second-order valence-electron chi connectivity index (χ2n) is 4.01. The Hall–Kier alpha value is -2.29. The molecule has 0 unspecified atom stereocenters. The number of para-hydroxylation sites is 1. The summed E-state index contributed by atoms with van der Waals surface area (Å²) in [5, 5.41) is 2.18. The number of hydrogen-bond donors (Lipinski definition) is 1. The molecular weight excluding hydrogens is 212 g/mol. The summed E-state index contributed by atoms with van der Waals surface area (Å²) in [5.74, 6) is 0. The van der Waals surface area contributed by atoms with Crippen LogP contribution in [0.5, 0.6) is 0 Å². The van der Waals surface area contributed by atoms with Crippen molar-refractivity contribution in [1.82, 2.24) is 0 Å². The van der Waals surface area contributed by atoms with Crippen molar-refractivity contribution in [3.05, 3.63) is 42.0 Å². The summed E-state index contributed by atoms with van der Waals surface area (Å²) in [6, 6.07) is 12.0.